The average Bonchev–Trinajstić information content (AvgIpc) is 2.96. The van der Waals surface area contributed by atoms with Gasteiger partial charge in [-0.3, -0.25) is 9.69 Å². The molecular formula is C31H33F3N5O5S+. The van der Waals surface area contributed by atoms with Gasteiger partial charge in [-0.15, -0.1) is 0 Å². The average molecular weight is 645 g/mol. The SMILES string of the molecule is C=CC(=O)[N+]1=C(C)CN(C[C@H](Oc2cnc(C(=O)Nc3ncc(S(C)(=O)=O)cc3C)c(C)c2)c2cccc(C(F)(F)F)c2)CC1. The normalized spacial score (nSPS) is 15.0. The van der Waals surface area contributed by atoms with Crippen LogP contribution in [0.4, 0.5) is 19.0 Å². The Balaban J connectivity index is 1.58. The van der Waals surface area contributed by atoms with Crippen molar-refractivity contribution in [1.29, 1.82) is 0 Å². The number of sulfone groups is 1. The molecule has 238 valence electrons. The summed E-state index contributed by atoms with van der Waals surface area (Å²) < 4.78 is 72.1. The summed E-state index contributed by atoms with van der Waals surface area (Å²) in [5.74, 6) is -0.408. The maximum atomic E-state index is 13.6. The van der Waals surface area contributed by atoms with Crippen molar-refractivity contribution < 1.29 is 40.5 Å². The number of aryl methyl sites for hydroxylation is 2. The van der Waals surface area contributed by atoms with Gasteiger partial charge in [0.25, 0.3) is 5.91 Å². The van der Waals surface area contributed by atoms with Crippen LogP contribution in [0.5, 0.6) is 5.75 Å². The molecule has 0 bridgehead atoms. The Labute approximate surface area is 259 Å². The number of halogens is 3. The molecular weight excluding hydrogens is 611 g/mol. The molecule has 1 atom stereocenters. The van der Waals surface area contributed by atoms with E-state index in [4.69, 9.17) is 4.74 Å². The topological polar surface area (TPSA) is 122 Å². The third-order valence-electron chi connectivity index (χ3n) is 7.26. The lowest BCUT2D eigenvalue weighted by atomic mass is 10.0. The van der Waals surface area contributed by atoms with Crippen LogP contribution >= 0.6 is 0 Å². The first kappa shape index (κ1) is 33.5. The van der Waals surface area contributed by atoms with Gasteiger partial charge in [-0.1, -0.05) is 18.7 Å². The number of aromatic nitrogens is 2. The molecule has 0 saturated carbocycles. The highest BCUT2D eigenvalue weighted by Crippen LogP contribution is 2.32. The summed E-state index contributed by atoms with van der Waals surface area (Å²) >= 11 is 0. The van der Waals surface area contributed by atoms with Gasteiger partial charge in [-0.25, -0.2) is 23.2 Å². The minimum Gasteiger partial charge on any atom is -0.483 e. The minimum absolute atomic E-state index is 0.0179. The van der Waals surface area contributed by atoms with E-state index < -0.39 is 33.6 Å². The maximum Gasteiger partial charge on any atom is 0.416 e. The van der Waals surface area contributed by atoms with Crippen LogP contribution < -0.4 is 10.1 Å². The molecule has 14 heteroatoms. The van der Waals surface area contributed by atoms with Crippen LogP contribution in [0, 0.1) is 13.8 Å². The van der Waals surface area contributed by atoms with Crippen molar-refractivity contribution in [3.8, 4) is 5.75 Å². The molecule has 10 nitrogen and oxygen atoms in total. The summed E-state index contributed by atoms with van der Waals surface area (Å²) in [5, 5.41) is 2.63. The first-order chi connectivity index (χ1) is 21.1. The van der Waals surface area contributed by atoms with Gasteiger partial charge in [-0.05, 0) is 54.8 Å². The largest absolute Gasteiger partial charge is 0.483 e. The number of benzene rings is 1. The Morgan fingerprint density at radius 2 is 1.87 bits per heavy atom. The van der Waals surface area contributed by atoms with E-state index >= 15 is 0 Å². The maximum absolute atomic E-state index is 13.6. The highest BCUT2D eigenvalue weighted by Gasteiger charge is 2.33. The molecule has 0 spiro atoms. The first-order valence-electron chi connectivity index (χ1n) is 13.8. The molecule has 1 aliphatic heterocycles. The molecule has 4 rings (SSSR count). The highest BCUT2D eigenvalue weighted by atomic mass is 32.2. The fourth-order valence-corrected chi connectivity index (χ4v) is 5.54. The van der Waals surface area contributed by atoms with E-state index in [1.807, 2.05) is 11.8 Å². The van der Waals surface area contributed by atoms with E-state index in [1.54, 1.807) is 30.6 Å². The lowest BCUT2D eigenvalue weighted by Crippen LogP contribution is -2.47. The monoisotopic (exact) mass is 644 g/mol. The number of amides is 2. The van der Waals surface area contributed by atoms with E-state index in [0.717, 1.165) is 30.3 Å². The van der Waals surface area contributed by atoms with Gasteiger partial charge in [0.2, 0.25) is 0 Å². The molecule has 2 aromatic heterocycles. The molecule has 3 heterocycles. The Kier molecular flexibility index (Phi) is 9.88. The fourth-order valence-electron chi connectivity index (χ4n) is 4.91. The predicted molar refractivity (Wildman–Crippen MR) is 161 cm³/mol. The third kappa shape index (κ3) is 8.19. The van der Waals surface area contributed by atoms with Crippen LogP contribution in [0.1, 0.15) is 45.8 Å². The molecule has 0 unspecified atom stereocenters. The number of hydrogen-bond donors (Lipinski definition) is 1. The second-order valence-corrected chi connectivity index (χ2v) is 12.8. The van der Waals surface area contributed by atoms with Crippen molar-refractivity contribution >= 4 is 33.2 Å². The van der Waals surface area contributed by atoms with Crippen LogP contribution in [0.25, 0.3) is 0 Å². The second-order valence-electron chi connectivity index (χ2n) is 10.8. The predicted octanol–water partition coefficient (Wildman–Crippen LogP) is 4.39. The number of carbonyl (C=O) groups is 2. The summed E-state index contributed by atoms with van der Waals surface area (Å²) in [5.41, 5.74) is 1.18. The van der Waals surface area contributed by atoms with Crippen LogP contribution in [0.3, 0.4) is 0 Å². The van der Waals surface area contributed by atoms with Crippen molar-refractivity contribution in [1.82, 2.24) is 14.9 Å². The number of anilines is 1. The van der Waals surface area contributed by atoms with Gasteiger partial charge in [0.1, 0.15) is 23.4 Å². The molecule has 0 fully saturated rings. The quantitative estimate of drug-likeness (QED) is 0.269. The molecule has 0 saturated heterocycles. The molecule has 1 aromatic carbocycles. The number of nitrogens with zero attached hydrogens (tertiary/aromatic N) is 4. The third-order valence-corrected chi connectivity index (χ3v) is 8.34. The van der Waals surface area contributed by atoms with E-state index in [2.05, 4.69) is 21.9 Å². The van der Waals surface area contributed by atoms with Crippen LogP contribution in [-0.2, 0) is 20.8 Å². The number of carbonyl (C=O) groups excluding carboxylic acids is 2. The number of pyridine rings is 2. The Hall–Kier alpha value is -4.43. The van der Waals surface area contributed by atoms with Crippen LogP contribution in [0.2, 0.25) is 0 Å². The second kappa shape index (κ2) is 13.3. The van der Waals surface area contributed by atoms with Crippen LogP contribution in [-0.4, -0.2) is 77.8 Å². The van der Waals surface area contributed by atoms with Crippen molar-refractivity contribution in [2.24, 2.45) is 0 Å². The zero-order chi connectivity index (χ0) is 33.1. The van der Waals surface area contributed by atoms with Gasteiger partial charge in [-0.2, -0.15) is 17.7 Å². The molecule has 0 aliphatic carbocycles. The molecule has 3 aromatic rings. The Bertz CT molecular complexity index is 1790. The minimum atomic E-state index is -4.55. The van der Waals surface area contributed by atoms with Crippen molar-refractivity contribution in [3.63, 3.8) is 0 Å². The lowest BCUT2D eigenvalue weighted by molar-refractivity contribution is -0.451. The summed E-state index contributed by atoms with van der Waals surface area (Å²) in [6.45, 7) is 10.0. The zero-order valence-electron chi connectivity index (χ0n) is 25.2. The summed E-state index contributed by atoms with van der Waals surface area (Å²) in [7, 11) is -3.47. The standard InChI is InChI=1S/C31H32F3N5O5S/c1-6-27(40)39-11-10-38(17-21(39)4)18-26(22-8-7-9-23(14-22)31(32,33)34)44-24-12-19(2)28(35-15-24)30(41)37-29-20(3)13-25(16-36-29)45(5,42)43/h6-9,12-16,26H,1,10-11,17-18H2,2-5H3/p+1/t26-/m0/s1. The zero-order valence-corrected chi connectivity index (χ0v) is 26.0. The fraction of sp³-hybridized carbons (Fsp3) is 0.323. The summed E-state index contributed by atoms with van der Waals surface area (Å²) in [6, 6.07) is 7.88. The summed E-state index contributed by atoms with van der Waals surface area (Å²) in [4.78, 5) is 35.5. The molecule has 1 N–H and O–H groups in total. The summed E-state index contributed by atoms with van der Waals surface area (Å²) in [6.07, 6.45) is -0.635. The number of alkyl halides is 3. The van der Waals surface area contributed by atoms with Crippen LogP contribution in [0.15, 0.2) is 66.3 Å². The van der Waals surface area contributed by atoms with Crippen molar-refractivity contribution in [2.45, 2.75) is 37.9 Å². The molecule has 2 amide bonds. The van der Waals surface area contributed by atoms with Crippen molar-refractivity contribution in [3.05, 3.63) is 89.4 Å². The number of ether oxygens (including phenoxy) is 1. The van der Waals surface area contributed by atoms with Gasteiger partial charge in [0.05, 0.1) is 29.7 Å². The van der Waals surface area contributed by atoms with E-state index in [1.165, 1.54) is 24.4 Å². The van der Waals surface area contributed by atoms with E-state index in [9.17, 15) is 31.2 Å². The molecule has 1 aliphatic rings. The highest BCUT2D eigenvalue weighted by molar-refractivity contribution is 7.90. The number of rotatable bonds is 9. The van der Waals surface area contributed by atoms with Gasteiger partial charge >= 0.3 is 12.1 Å². The molecule has 0 radical (unpaired) electrons. The Morgan fingerprint density at radius 1 is 1.13 bits per heavy atom. The van der Waals surface area contributed by atoms with Gasteiger partial charge in [0, 0.05) is 32.0 Å². The van der Waals surface area contributed by atoms with E-state index in [-0.39, 0.29) is 34.6 Å². The smallest absolute Gasteiger partial charge is 0.416 e. The number of nitrogens with one attached hydrogen (secondary N) is 1. The Morgan fingerprint density at radius 3 is 2.47 bits per heavy atom. The van der Waals surface area contributed by atoms with Gasteiger partial charge in [0.15, 0.2) is 22.1 Å². The molecule has 45 heavy (non-hydrogen) atoms. The lowest BCUT2D eigenvalue weighted by Gasteiger charge is -2.29. The first-order valence-corrected chi connectivity index (χ1v) is 15.7. The van der Waals surface area contributed by atoms with Gasteiger partial charge < -0.3 is 10.1 Å². The number of hydrogen-bond acceptors (Lipinski definition) is 8. The van der Waals surface area contributed by atoms with Crippen molar-refractivity contribution in [2.75, 3.05) is 37.8 Å². The van der Waals surface area contributed by atoms with E-state index in [0.29, 0.717) is 36.3 Å².